The molecule has 0 atom stereocenters. The monoisotopic (exact) mass is 420 g/mol. The number of phenols is 1. The van der Waals surface area contributed by atoms with Crippen LogP contribution in [0.1, 0.15) is 12.5 Å². The van der Waals surface area contributed by atoms with Crippen molar-refractivity contribution in [2.24, 2.45) is 4.99 Å². The topological polar surface area (TPSA) is 97.7 Å². The van der Waals surface area contributed by atoms with Crippen LogP contribution in [0.3, 0.4) is 0 Å². The molecule has 1 N–H and O–H groups in total. The van der Waals surface area contributed by atoms with Gasteiger partial charge in [-0.15, -0.1) is 0 Å². The summed E-state index contributed by atoms with van der Waals surface area (Å²) in [6.07, 6.45) is 1.45. The zero-order chi connectivity index (χ0) is 20.9. The summed E-state index contributed by atoms with van der Waals surface area (Å²) in [7, 11) is -2.20. The average Bonchev–Trinajstić information content (AvgIpc) is 2.74. The molecule has 0 bridgehead atoms. The number of aromatic hydroxyl groups is 1. The van der Waals surface area contributed by atoms with Crippen molar-refractivity contribution >= 4 is 21.9 Å². The lowest BCUT2D eigenvalue weighted by Gasteiger charge is -2.26. The predicted octanol–water partition coefficient (Wildman–Crippen LogP) is 2.57. The van der Waals surface area contributed by atoms with Crippen LogP contribution in [0.4, 0.5) is 5.69 Å². The average molecular weight is 420 g/mol. The summed E-state index contributed by atoms with van der Waals surface area (Å²) in [5.41, 5.74) is 0.789. The van der Waals surface area contributed by atoms with Crippen LogP contribution >= 0.6 is 0 Å². The van der Waals surface area contributed by atoms with E-state index in [1.807, 2.05) is 6.92 Å². The van der Waals surface area contributed by atoms with Gasteiger partial charge in [-0.1, -0.05) is 6.07 Å². The first kappa shape index (κ1) is 21.1. The largest absolute Gasteiger partial charge is 0.504 e. The maximum absolute atomic E-state index is 12.9. The molecule has 0 aromatic heterocycles. The summed E-state index contributed by atoms with van der Waals surface area (Å²) in [6, 6.07) is 9.61. The summed E-state index contributed by atoms with van der Waals surface area (Å²) in [4.78, 5) is 4.51. The number of hydrogen-bond acceptors (Lipinski definition) is 7. The van der Waals surface area contributed by atoms with Crippen molar-refractivity contribution in [1.29, 1.82) is 0 Å². The van der Waals surface area contributed by atoms with E-state index in [2.05, 4.69) is 4.99 Å². The van der Waals surface area contributed by atoms with Crippen LogP contribution < -0.4 is 9.47 Å². The highest BCUT2D eigenvalue weighted by molar-refractivity contribution is 7.89. The van der Waals surface area contributed by atoms with Crippen molar-refractivity contribution in [2.45, 2.75) is 11.8 Å². The standard InChI is InChI=1S/C20H24N2O6S/c1-3-28-18-8-7-16(29(24,25)22-9-11-27-12-10-22)13-17(18)21-14-15-5-4-6-19(26-2)20(15)23/h4-8,13-14,23H,3,9-12H2,1-2H3. The Balaban J connectivity index is 1.97. The van der Waals surface area contributed by atoms with Gasteiger partial charge in [0.15, 0.2) is 11.5 Å². The summed E-state index contributed by atoms with van der Waals surface area (Å²) in [6.45, 7) is 3.60. The highest BCUT2D eigenvalue weighted by atomic mass is 32.2. The molecule has 156 valence electrons. The van der Waals surface area contributed by atoms with Crippen LogP contribution in [0.15, 0.2) is 46.3 Å². The van der Waals surface area contributed by atoms with Gasteiger partial charge in [0.1, 0.15) is 11.4 Å². The Hall–Kier alpha value is -2.62. The Labute approximate surface area is 170 Å². The Kier molecular flexibility index (Phi) is 6.73. The molecule has 9 heteroatoms. The highest BCUT2D eigenvalue weighted by Gasteiger charge is 2.27. The fourth-order valence-electron chi connectivity index (χ4n) is 2.92. The van der Waals surface area contributed by atoms with Crippen molar-refractivity contribution in [1.82, 2.24) is 4.31 Å². The molecule has 1 fully saturated rings. The van der Waals surface area contributed by atoms with E-state index in [4.69, 9.17) is 14.2 Å². The molecule has 0 spiro atoms. The van der Waals surface area contributed by atoms with E-state index in [1.54, 1.807) is 24.3 Å². The summed E-state index contributed by atoms with van der Waals surface area (Å²) in [5, 5.41) is 10.2. The molecule has 0 saturated carbocycles. The minimum atomic E-state index is -3.66. The van der Waals surface area contributed by atoms with Gasteiger partial charge >= 0.3 is 0 Å². The zero-order valence-corrected chi connectivity index (χ0v) is 17.2. The maximum Gasteiger partial charge on any atom is 0.243 e. The first-order valence-corrected chi connectivity index (χ1v) is 10.7. The van der Waals surface area contributed by atoms with Gasteiger partial charge < -0.3 is 19.3 Å². The molecule has 0 amide bonds. The number of methoxy groups -OCH3 is 1. The van der Waals surface area contributed by atoms with E-state index in [9.17, 15) is 13.5 Å². The second-order valence-corrected chi connectivity index (χ2v) is 8.17. The fourth-order valence-corrected chi connectivity index (χ4v) is 4.35. The molecule has 1 aliphatic heterocycles. The minimum absolute atomic E-state index is 0.0474. The van der Waals surface area contributed by atoms with E-state index in [1.165, 1.54) is 29.8 Å². The molecule has 3 rings (SSSR count). The number of morpholine rings is 1. The third-order valence-corrected chi connectivity index (χ3v) is 6.33. The van der Waals surface area contributed by atoms with Gasteiger partial charge in [-0.3, -0.25) is 4.99 Å². The van der Waals surface area contributed by atoms with E-state index in [-0.39, 0.29) is 10.6 Å². The molecule has 29 heavy (non-hydrogen) atoms. The molecular formula is C20H24N2O6S. The summed E-state index contributed by atoms with van der Waals surface area (Å²) >= 11 is 0. The second kappa shape index (κ2) is 9.25. The molecular weight excluding hydrogens is 396 g/mol. The number of nitrogens with zero attached hydrogens (tertiary/aromatic N) is 2. The van der Waals surface area contributed by atoms with Gasteiger partial charge in [0.25, 0.3) is 0 Å². The third kappa shape index (κ3) is 4.69. The number of sulfonamides is 1. The highest BCUT2D eigenvalue weighted by Crippen LogP contribution is 2.33. The zero-order valence-electron chi connectivity index (χ0n) is 16.4. The van der Waals surface area contributed by atoms with Crippen LogP contribution in [-0.4, -0.2) is 64.1 Å². The molecule has 0 radical (unpaired) electrons. The molecule has 2 aromatic carbocycles. The van der Waals surface area contributed by atoms with E-state index in [0.29, 0.717) is 55.7 Å². The van der Waals surface area contributed by atoms with Gasteiger partial charge in [0.05, 0.1) is 31.8 Å². The number of phenolic OH excluding ortho intramolecular Hbond substituents is 1. The quantitative estimate of drug-likeness (QED) is 0.692. The number of aliphatic imine (C=N–C) groups is 1. The van der Waals surface area contributed by atoms with Gasteiger partial charge in [0, 0.05) is 24.9 Å². The van der Waals surface area contributed by atoms with Crippen molar-refractivity contribution < 1.29 is 27.7 Å². The van der Waals surface area contributed by atoms with E-state index >= 15 is 0 Å². The molecule has 0 unspecified atom stereocenters. The van der Waals surface area contributed by atoms with Crippen LogP contribution in [0, 0.1) is 0 Å². The Morgan fingerprint density at radius 2 is 1.97 bits per heavy atom. The minimum Gasteiger partial charge on any atom is -0.504 e. The molecule has 1 heterocycles. The van der Waals surface area contributed by atoms with Crippen molar-refractivity contribution in [3.05, 3.63) is 42.0 Å². The fraction of sp³-hybridized carbons (Fsp3) is 0.350. The van der Waals surface area contributed by atoms with E-state index in [0.717, 1.165) is 0 Å². The lowest BCUT2D eigenvalue weighted by atomic mass is 10.2. The Morgan fingerprint density at radius 1 is 1.21 bits per heavy atom. The number of hydrogen-bond donors (Lipinski definition) is 1. The first-order chi connectivity index (χ1) is 14.0. The van der Waals surface area contributed by atoms with Crippen LogP contribution in [0.25, 0.3) is 0 Å². The third-order valence-electron chi connectivity index (χ3n) is 4.43. The summed E-state index contributed by atoms with van der Waals surface area (Å²) < 4.78 is 43.2. The molecule has 1 saturated heterocycles. The van der Waals surface area contributed by atoms with Crippen LogP contribution in [0.5, 0.6) is 17.2 Å². The number of ether oxygens (including phenoxy) is 3. The van der Waals surface area contributed by atoms with Crippen molar-refractivity contribution in [3.63, 3.8) is 0 Å². The van der Waals surface area contributed by atoms with Crippen molar-refractivity contribution in [3.8, 4) is 17.2 Å². The van der Waals surface area contributed by atoms with Gasteiger partial charge in [-0.2, -0.15) is 4.31 Å². The molecule has 1 aliphatic rings. The lowest BCUT2D eigenvalue weighted by molar-refractivity contribution is 0.0730. The first-order valence-electron chi connectivity index (χ1n) is 9.22. The molecule has 8 nitrogen and oxygen atoms in total. The number of rotatable bonds is 7. The van der Waals surface area contributed by atoms with E-state index < -0.39 is 10.0 Å². The molecule has 0 aliphatic carbocycles. The Morgan fingerprint density at radius 3 is 2.66 bits per heavy atom. The number of benzene rings is 2. The van der Waals surface area contributed by atoms with Gasteiger partial charge in [0.2, 0.25) is 10.0 Å². The summed E-state index contributed by atoms with van der Waals surface area (Å²) in [5.74, 6) is 0.725. The SMILES string of the molecule is CCOc1ccc(S(=O)(=O)N2CCOCC2)cc1N=Cc1cccc(OC)c1O. The second-order valence-electron chi connectivity index (χ2n) is 6.24. The predicted molar refractivity (Wildman–Crippen MR) is 109 cm³/mol. The van der Waals surface area contributed by atoms with Crippen LogP contribution in [0.2, 0.25) is 0 Å². The normalized spacial score (nSPS) is 15.5. The Bertz CT molecular complexity index is 984. The van der Waals surface area contributed by atoms with Gasteiger partial charge in [-0.05, 0) is 37.3 Å². The van der Waals surface area contributed by atoms with Crippen LogP contribution in [-0.2, 0) is 14.8 Å². The lowest BCUT2D eigenvalue weighted by Crippen LogP contribution is -2.40. The molecule has 2 aromatic rings. The maximum atomic E-state index is 12.9. The number of para-hydroxylation sites is 1. The van der Waals surface area contributed by atoms with Crippen molar-refractivity contribution in [2.75, 3.05) is 40.0 Å². The van der Waals surface area contributed by atoms with Gasteiger partial charge in [-0.25, -0.2) is 8.42 Å². The smallest absolute Gasteiger partial charge is 0.243 e.